The Morgan fingerprint density at radius 3 is 2.30 bits per heavy atom. The van der Waals surface area contributed by atoms with Gasteiger partial charge in [-0.25, -0.2) is 17.4 Å². The number of rotatable bonds is 6. The van der Waals surface area contributed by atoms with Crippen molar-refractivity contribution in [3.8, 4) is 0 Å². The van der Waals surface area contributed by atoms with Crippen LogP contribution < -0.4 is 10.5 Å². The van der Waals surface area contributed by atoms with Crippen LogP contribution in [0.25, 0.3) is 0 Å². The van der Waals surface area contributed by atoms with Crippen LogP contribution in [-0.4, -0.2) is 96.6 Å². The third-order valence-electron chi connectivity index (χ3n) is 2.21. The zero-order chi connectivity index (χ0) is 15.0. The number of nitrogens with one attached hydrogen (secondary N) is 1. The summed E-state index contributed by atoms with van der Waals surface area (Å²) in [5.41, 5.74) is 5.02. The average molecular weight is 341 g/mol. The number of hydrogen-bond donors (Lipinski definition) is 4. The summed E-state index contributed by atoms with van der Waals surface area (Å²) in [6.07, 6.45) is 0. The fraction of sp³-hybridized carbons (Fsp3) is 0.667. The molecule has 0 bridgehead atoms. The van der Waals surface area contributed by atoms with Crippen molar-refractivity contribution in [2.75, 3.05) is 12.3 Å². The summed E-state index contributed by atoms with van der Waals surface area (Å²) in [4.78, 5) is 21.6. The molecule has 11 nitrogen and oxygen atoms in total. The summed E-state index contributed by atoms with van der Waals surface area (Å²) in [7, 11) is -8.88. The standard InChI is InChI=1S/C6H11N3O8S2.Na.H/c7-3(6(11)12)2-18(13,14)8-4-1-9(5(4)10)19(15,16)17;;/h3-4,8H,1-2,7H2,(H,11,12)(H,15,16,17);;. The molecule has 2 atom stereocenters. The maximum atomic E-state index is 11.4. The van der Waals surface area contributed by atoms with E-state index < -0.39 is 56.6 Å². The molecule has 1 amide bonds. The Morgan fingerprint density at radius 1 is 1.45 bits per heavy atom. The first-order chi connectivity index (χ1) is 8.44. The number of nitrogens with zero attached hydrogens (tertiary/aromatic N) is 1. The number of hydrogen-bond acceptors (Lipinski definition) is 7. The van der Waals surface area contributed by atoms with Crippen LogP contribution in [0.4, 0.5) is 0 Å². The SMILES string of the molecule is NC(CS(=O)(=O)NC1CN(S(=O)(=O)O)C1=O)C(=O)O.[NaH]. The summed E-state index contributed by atoms with van der Waals surface area (Å²) in [6, 6.07) is -3.04. The molecule has 1 heterocycles. The first-order valence-corrected chi connectivity index (χ1v) is 7.76. The van der Waals surface area contributed by atoms with Crippen molar-refractivity contribution >= 4 is 61.8 Å². The maximum absolute atomic E-state index is 11.4. The number of nitrogens with two attached hydrogens (primary N) is 1. The van der Waals surface area contributed by atoms with Crippen LogP contribution in [-0.2, 0) is 29.9 Å². The van der Waals surface area contributed by atoms with E-state index in [1.165, 1.54) is 0 Å². The minimum absolute atomic E-state index is 0. The fourth-order valence-corrected chi connectivity index (χ4v) is 3.28. The van der Waals surface area contributed by atoms with Crippen molar-refractivity contribution in [2.45, 2.75) is 12.1 Å². The van der Waals surface area contributed by atoms with Crippen molar-refractivity contribution in [3.05, 3.63) is 0 Å². The van der Waals surface area contributed by atoms with Gasteiger partial charge in [0.2, 0.25) is 10.0 Å². The first kappa shape index (κ1) is 19.7. The molecule has 0 spiro atoms. The zero-order valence-electron chi connectivity index (χ0n) is 9.25. The Morgan fingerprint density at radius 2 is 1.95 bits per heavy atom. The Labute approximate surface area is 136 Å². The Balaban J connectivity index is 0.00000361. The molecule has 14 heteroatoms. The molecule has 0 radical (unpaired) electrons. The van der Waals surface area contributed by atoms with Gasteiger partial charge in [0.15, 0.2) is 0 Å². The van der Waals surface area contributed by atoms with Gasteiger partial charge in [-0.05, 0) is 0 Å². The quantitative estimate of drug-likeness (QED) is 0.211. The fourth-order valence-electron chi connectivity index (χ4n) is 1.26. The van der Waals surface area contributed by atoms with Gasteiger partial charge in [0, 0.05) is 0 Å². The van der Waals surface area contributed by atoms with Gasteiger partial charge in [0.05, 0.1) is 12.3 Å². The molecular formula is C6H12N3NaO8S2. The van der Waals surface area contributed by atoms with E-state index >= 15 is 0 Å². The Kier molecular flexibility index (Phi) is 6.56. The van der Waals surface area contributed by atoms with Crippen LogP contribution >= 0.6 is 0 Å². The molecule has 0 aromatic rings. The zero-order valence-corrected chi connectivity index (χ0v) is 10.9. The van der Waals surface area contributed by atoms with Gasteiger partial charge >= 0.3 is 45.8 Å². The summed E-state index contributed by atoms with van der Waals surface area (Å²) >= 11 is 0. The van der Waals surface area contributed by atoms with Gasteiger partial charge in [-0.2, -0.15) is 8.42 Å². The second kappa shape index (κ2) is 6.65. The van der Waals surface area contributed by atoms with Crippen LogP contribution in [0.2, 0.25) is 0 Å². The van der Waals surface area contributed by atoms with Gasteiger partial charge in [-0.1, -0.05) is 0 Å². The van der Waals surface area contributed by atoms with Crippen molar-refractivity contribution in [1.29, 1.82) is 0 Å². The first-order valence-electron chi connectivity index (χ1n) is 4.71. The molecular weight excluding hydrogens is 329 g/mol. The molecule has 1 aliphatic rings. The molecule has 1 fully saturated rings. The summed E-state index contributed by atoms with van der Waals surface area (Å²) in [6.45, 7) is -0.570. The number of carbonyl (C=O) groups excluding carboxylic acids is 1. The van der Waals surface area contributed by atoms with E-state index in [0.717, 1.165) is 0 Å². The predicted octanol–water partition coefficient (Wildman–Crippen LogP) is -4.32. The average Bonchev–Trinajstić information content (AvgIpc) is 2.20. The van der Waals surface area contributed by atoms with E-state index in [0.29, 0.717) is 0 Å². The van der Waals surface area contributed by atoms with Crippen molar-refractivity contribution in [1.82, 2.24) is 9.03 Å². The second-order valence-electron chi connectivity index (χ2n) is 3.74. The Hall–Kier alpha value is -0.280. The number of amides is 1. The molecule has 20 heavy (non-hydrogen) atoms. The van der Waals surface area contributed by atoms with Gasteiger partial charge < -0.3 is 10.8 Å². The van der Waals surface area contributed by atoms with E-state index in [4.69, 9.17) is 15.4 Å². The van der Waals surface area contributed by atoms with Crippen LogP contribution in [0.3, 0.4) is 0 Å². The molecule has 1 aliphatic heterocycles. The molecule has 5 N–H and O–H groups in total. The number of carbonyl (C=O) groups is 2. The third-order valence-corrected chi connectivity index (χ3v) is 4.54. The van der Waals surface area contributed by atoms with Crippen LogP contribution in [0.15, 0.2) is 0 Å². The van der Waals surface area contributed by atoms with Crippen molar-refractivity contribution in [2.24, 2.45) is 5.73 Å². The third kappa shape index (κ3) is 4.92. The molecule has 0 aromatic carbocycles. The monoisotopic (exact) mass is 341 g/mol. The predicted molar refractivity (Wildman–Crippen MR) is 66.7 cm³/mol. The number of carboxylic acids is 1. The second-order valence-corrected chi connectivity index (χ2v) is 6.88. The van der Waals surface area contributed by atoms with E-state index in [2.05, 4.69) is 0 Å². The van der Waals surface area contributed by atoms with E-state index in [1.807, 2.05) is 0 Å². The van der Waals surface area contributed by atoms with Crippen molar-refractivity contribution in [3.63, 3.8) is 0 Å². The molecule has 1 saturated heterocycles. The molecule has 2 unspecified atom stereocenters. The van der Waals surface area contributed by atoms with E-state index in [1.54, 1.807) is 4.72 Å². The normalized spacial score (nSPS) is 20.8. The topological polar surface area (TPSA) is 184 Å². The van der Waals surface area contributed by atoms with Crippen LogP contribution in [0, 0.1) is 0 Å². The number of carboxylic acid groups (broad SMARTS) is 1. The van der Waals surface area contributed by atoms with Gasteiger partial charge in [0.1, 0.15) is 12.1 Å². The van der Waals surface area contributed by atoms with Crippen LogP contribution in [0.5, 0.6) is 0 Å². The van der Waals surface area contributed by atoms with Gasteiger partial charge in [-0.3, -0.25) is 14.1 Å². The molecule has 0 saturated carbocycles. The minimum atomic E-state index is -4.71. The Bertz CT molecular complexity index is 602. The van der Waals surface area contributed by atoms with Gasteiger partial charge in [0.25, 0.3) is 5.91 Å². The van der Waals surface area contributed by atoms with E-state index in [9.17, 15) is 26.4 Å². The number of β-lactam (4-membered cyclic amide) rings is 1. The summed E-state index contributed by atoms with van der Waals surface area (Å²) < 4.78 is 54.4. The molecule has 0 aliphatic carbocycles. The molecule has 0 aromatic heterocycles. The number of aliphatic carboxylic acids is 1. The number of sulfonamides is 1. The summed E-state index contributed by atoms with van der Waals surface area (Å²) in [5, 5.41) is 8.45. The molecule has 112 valence electrons. The summed E-state index contributed by atoms with van der Waals surface area (Å²) in [5.74, 6) is -3.65. The van der Waals surface area contributed by atoms with Gasteiger partial charge in [-0.15, -0.1) is 0 Å². The molecule has 1 rings (SSSR count). The van der Waals surface area contributed by atoms with Crippen LogP contribution in [0.1, 0.15) is 0 Å². The van der Waals surface area contributed by atoms with E-state index in [-0.39, 0.29) is 33.9 Å². The van der Waals surface area contributed by atoms with Crippen molar-refractivity contribution < 1.29 is 36.1 Å².